The van der Waals surface area contributed by atoms with Gasteiger partial charge in [-0.3, -0.25) is 0 Å². The van der Waals surface area contributed by atoms with Gasteiger partial charge >= 0.3 is 0 Å². The van der Waals surface area contributed by atoms with Gasteiger partial charge in [-0.1, -0.05) is 0 Å². The van der Waals surface area contributed by atoms with Crippen molar-refractivity contribution in [2.75, 3.05) is 32.6 Å². The maximum Gasteiger partial charge on any atom is 0.224 e. The summed E-state index contributed by atoms with van der Waals surface area (Å²) in [5, 5.41) is 0.285. The summed E-state index contributed by atoms with van der Waals surface area (Å²) in [6.45, 7) is 0.950. The zero-order valence-electron chi connectivity index (χ0n) is 11.0. The topological polar surface area (TPSA) is 32.3 Å². The van der Waals surface area contributed by atoms with Gasteiger partial charge in [0.25, 0.3) is 0 Å². The second kappa shape index (κ2) is 5.31. The number of likely N-dealkylation sites (N-methyl/N-ethyl adjacent to an activating group) is 2. The van der Waals surface area contributed by atoms with Crippen LogP contribution in [0.15, 0.2) is 10.7 Å². The van der Waals surface area contributed by atoms with Crippen molar-refractivity contribution in [3.8, 4) is 0 Å². The molecule has 1 heterocycles. The van der Waals surface area contributed by atoms with Gasteiger partial charge in [0.1, 0.15) is 5.82 Å². The second-order valence-electron chi connectivity index (χ2n) is 5.14. The molecule has 0 saturated heterocycles. The van der Waals surface area contributed by atoms with Crippen molar-refractivity contribution < 1.29 is 0 Å². The van der Waals surface area contributed by atoms with Gasteiger partial charge < -0.3 is 9.80 Å². The van der Waals surface area contributed by atoms with E-state index in [4.69, 9.17) is 11.6 Å². The van der Waals surface area contributed by atoms with Crippen LogP contribution in [-0.2, 0) is 0 Å². The number of nitrogens with zero attached hydrogens (tertiary/aromatic N) is 4. The molecule has 0 radical (unpaired) electrons. The van der Waals surface area contributed by atoms with Crippen molar-refractivity contribution in [2.24, 2.45) is 0 Å². The largest absolute Gasteiger partial charge is 0.357 e. The predicted molar refractivity (Wildman–Crippen MR) is 78.3 cm³/mol. The fraction of sp³-hybridized carbons (Fsp3) is 0.667. The summed E-state index contributed by atoms with van der Waals surface area (Å²) in [6, 6.07) is 0. The quantitative estimate of drug-likeness (QED) is 0.793. The van der Waals surface area contributed by atoms with E-state index >= 15 is 0 Å². The first kappa shape index (κ1) is 14.0. The van der Waals surface area contributed by atoms with Gasteiger partial charge in [0.05, 0.1) is 4.47 Å². The molecule has 1 fully saturated rings. The molecule has 0 aliphatic heterocycles. The van der Waals surface area contributed by atoms with Crippen LogP contribution in [0.3, 0.4) is 0 Å². The minimum atomic E-state index is 0.269. The fourth-order valence-electron chi connectivity index (χ4n) is 2.45. The second-order valence-corrected chi connectivity index (χ2v) is 6.33. The third kappa shape index (κ3) is 2.63. The van der Waals surface area contributed by atoms with E-state index in [0.29, 0.717) is 0 Å². The van der Waals surface area contributed by atoms with Crippen LogP contribution in [0.1, 0.15) is 19.3 Å². The highest BCUT2D eigenvalue weighted by molar-refractivity contribution is 9.10. The van der Waals surface area contributed by atoms with E-state index in [9.17, 15) is 0 Å². The third-order valence-electron chi connectivity index (χ3n) is 3.82. The Bertz CT molecular complexity index is 434. The van der Waals surface area contributed by atoms with E-state index in [-0.39, 0.29) is 10.8 Å². The number of aromatic nitrogens is 2. The maximum atomic E-state index is 5.86. The highest BCUT2D eigenvalue weighted by Crippen LogP contribution is 2.38. The van der Waals surface area contributed by atoms with Crippen LogP contribution in [0.5, 0.6) is 0 Å². The van der Waals surface area contributed by atoms with Crippen LogP contribution in [0.2, 0.25) is 5.28 Å². The van der Waals surface area contributed by atoms with Crippen molar-refractivity contribution in [2.45, 2.75) is 24.8 Å². The van der Waals surface area contributed by atoms with Gasteiger partial charge in [-0.15, -0.1) is 0 Å². The number of hydrogen-bond acceptors (Lipinski definition) is 4. The van der Waals surface area contributed by atoms with Crippen LogP contribution in [-0.4, -0.2) is 48.1 Å². The lowest BCUT2D eigenvalue weighted by Gasteiger charge is -2.49. The number of halogens is 2. The smallest absolute Gasteiger partial charge is 0.224 e. The highest BCUT2D eigenvalue weighted by atomic mass is 79.9. The SMILES string of the molecule is CN(CC1(N(C)C)CCC1)c1nc(Cl)ncc1Br. The molecular formula is C12H18BrClN4. The van der Waals surface area contributed by atoms with Gasteiger partial charge in [0, 0.05) is 25.3 Å². The average molecular weight is 334 g/mol. The van der Waals surface area contributed by atoms with Crippen molar-refractivity contribution in [1.82, 2.24) is 14.9 Å². The lowest BCUT2D eigenvalue weighted by molar-refractivity contribution is 0.0681. The Morgan fingerprint density at radius 2 is 2.06 bits per heavy atom. The Kier molecular flexibility index (Phi) is 4.14. The molecule has 2 rings (SSSR count). The Labute approximate surface area is 121 Å². The van der Waals surface area contributed by atoms with Crippen molar-refractivity contribution in [1.29, 1.82) is 0 Å². The summed E-state index contributed by atoms with van der Waals surface area (Å²) in [6.07, 6.45) is 5.48. The normalized spacial score (nSPS) is 17.7. The van der Waals surface area contributed by atoms with Crippen LogP contribution in [0, 0.1) is 0 Å². The molecule has 100 valence electrons. The van der Waals surface area contributed by atoms with E-state index in [1.54, 1.807) is 6.20 Å². The molecule has 1 aliphatic carbocycles. The lowest BCUT2D eigenvalue weighted by Crippen LogP contribution is -2.56. The first-order valence-corrected chi connectivity index (χ1v) is 7.18. The first-order valence-electron chi connectivity index (χ1n) is 6.01. The van der Waals surface area contributed by atoms with Crippen LogP contribution in [0.4, 0.5) is 5.82 Å². The minimum absolute atomic E-state index is 0.269. The number of rotatable bonds is 4. The molecule has 0 unspecified atom stereocenters. The predicted octanol–water partition coefficient (Wildman–Crippen LogP) is 2.81. The van der Waals surface area contributed by atoms with Gasteiger partial charge in [-0.2, -0.15) is 4.98 Å². The van der Waals surface area contributed by atoms with E-state index in [2.05, 4.69) is 49.8 Å². The molecule has 0 spiro atoms. The third-order valence-corrected chi connectivity index (χ3v) is 4.56. The molecule has 0 aromatic carbocycles. The van der Waals surface area contributed by atoms with E-state index in [1.807, 2.05) is 7.05 Å². The summed E-state index contributed by atoms with van der Waals surface area (Å²) in [5.41, 5.74) is 0.269. The van der Waals surface area contributed by atoms with Crippen LogP contribution in [0.25, 0.3) is 0 Å². The summed E-state index contributed by atoms with van der Waals surface area (Å²) >= 11 is 9.34. The van der Waals surface area contributed by atoms with Gasteiger partial charge in [-0.25, -0.2) is 4.98 Å². The summed E-state index contributed by atoms with van der Waals surface area (Å²) < 4.78 is 0.877. The van der Waals surface area contributed by atoms with Crippen LogP contribution >= 0.6 is 27.5 Å². The zero-order valence-corrected chi connectivity index (χ0v) is 13.3. The van der Waals surface area contributed by atoms with Crippen molar-refractivity contribution in [3.63, 3.8) is 0 Å². The number of anilines is 1. The minimum Gasteiger partial charge on any atom is -0.357 e. The van der Waals surface area contributed by atoms with E-state index in [0.717, 1.165) is 16.8 Å². The van der Waals surface area contributed by atoms with Gasteiger partial charge in [0.2, 0.25) is 5.28 Å². The molecule has 1 aromatic rings. The average Bonchev–Trinajstić information content (AvgIpc) is 2.26. The number of hydrogen-bond donors (Lipinski definition) is 0. The van der Waals surface area contributed by atoms with Crippen molar-refractivity contribution >= 4 is 33.3 Å². The van der Waals surface area contributed by atoms with E-state index in [1.165, 1.54) is 19.3 Å². The standard InChI is InChI=1S/C12H18BrClN4/c1-17(2)12(5-4-6-12)8-18(3)10-9(13)7-15-11(14)16-10/h7H,4-6,8H2,1-3H3. The molecule has 1 saturated carbocycles. The highest BCUT2D eigenvalue weighted by Gasteiger charge is 2.40. The first-order chi connectivity index (χ1) is 8.44. The van der Waals surface area contributed by atoms with Gasteiger partial charge in [0.15, 0.2) is 0 Å². The molecular weight excluding hydrogens is 316 g/mol. The van der Waals surface area contributed by atoms with Crippen LogP contribution < -0.4 is 4.90 Å². The molecule has 0 amide bonds. The summed E-state index contributed by atoms with van der Waals surface area (Å²) in [7, 11) is 6.34. The molecule has 0 bridgehead atoms. The monoisotopic (exact) mass is 332 g/mol. The Hall–Kier alpha value is -0.390. The van der Waals surface area contributed by atoms with Gasteiger partial charge in [-0.05, 0) is 60.9 Å². The fourth-order valence-corrected chi connectivity index (χ4v) is 3.08. The molecule has 18 heavy (non-hydrogen) atoms. The summed E-state index contributed by atoms with van der Waals surface area (Å²) in [5.74, 6) is 0.850. The Morgan fingerprint density at radius 1 is 1.39 bits per heavy atom. The maximum absolute atomic E-state index is 5.86. The molecule has 4 nitrogen and oxygen atoms in total. The summed E-state index contributed by atoms with van der Waals surface area (Å²) in [4.78, 5) is 12.7. The molecule has 1 aliphatic rings. The molecule has 6 heteroatoms. The Balaban J connectivity index is 2.16. The van der Waals surface area contributed by atoms with E-state index < -0.39 is 0 Å². The molecule has 0 N–H and O–H groups in total. The van der Waals surface area contributed by atoms with Crippen molar-refractivity contribution in [3.05, 3.63) is 16.0 Å². The molecule has 1 aromatic heterocycles. The molecule has 0 atom stereocenters. The Morgan fingerprint density at radius 3 is 2.56 bits per heavy atom. The zero-order chi connectivity index (χ0) is 13.3. The lowest BCUT2D eigenvalue weighted by atomic mass is 9.75.